The highest BCUT2D eigenvalue weighted by atomic mass is 16.1. The molecule has 1 saturated carbocycles. The standard InChI is InChI=1S/C11H18N2O/c1-2-3-8-11(14)13-10-7-5-4-6-9(10)12/h1,9-10H,3-8,12H2,(H,13,14)/t9-,10-/m1/s1. The average molecular weight is 194 g/mol. The van der Waals surface area contributed by atoms with Crippen LogP contribution in [0, 0.1) is 12.3 Å². The molecule has 14 heavy (non-hydrogen) atoms. The number of carbonyl (C=O) groups is 1. The monoisotopic (exact) mass is 194 g/mol. The maximum absolute atomic E-state index is 11.4. The third-order valence-electron chi connectivity index (χ3n) is 2.66. The zero-order valence-corrected chi connectivity index (χ0v) is 8.46. The molecule has 3 nitrogen and oxygen atoms in total. The summed E-state index contributed by atoms with van der Waals surface area (Å²) in [5, 5.41) is 2.94. The van der Waals surface area contributed by atoms with Gasteiger partial charge in [-0.3, -0.25) is 4.79 Å². The molecular weight excluding hydrogens is 176 g/mol. The van der Waals surface area contributed by atoms with Crippen LogP contribution in [0.1, 0.15) is 38.5 Å². The van der Waals surface area contributed by atoms with E-state index in [1.165, 1.54) is 6.42 Å². The second kappa shape index (κ2) is 5.66. The fourth-order valence-corrected chi connectivity index (χ4v) is 1.80. The molecule has 78 valence electrons. The largest absolute Gasteiger partial charge is 0.352 e. The van der Waals surface area contributed by atoms with Gasteiger partial charge in [0, 0.05) is 24.9 Å². The van der Waals surface area contributed by atoms with Crippen molar-refractivity contribution in [3.63, 3.8) is 0 Å². The quantitative estimate of drug-likeness (QED) is 0.652. The van der Waals surface area contributed by atoms with Crippen LogP contribution in [0.4, 0.5) is 0 Å². The van der Waals surface area contributed by atoms with Gasteiger partial charge >= 0.3 is 0 Å². The number of nitrogens with one attached hydrogen (secondary N) is 1. The molecule has 0 saturated heterocycles. The van der Waals surface area contributed by atoms with Crippen molar-refractivity contribution in [3.05, 3.63) is 0 Å². The van der Waals surface area contributed by atoms with Crippen LogP contribution in [-0.4, -0.2) is 18.0 Å². The zero-order chi connectivity index (χ0) is 10.4. The maximum atomic E-state index is 11.4. The van der Waals surface area contributed by atoms with Crippen LogP contribution in [0.25, 0.3) is 0 Å². The second-order valence-corrected chi connectivity index (χ2v) is 3.83. The molecule has 1 rings (SSSR count). The minimum Gasteiger partial charge on any atom is -0.352 e. The highest BCUT2D eigenvalue weighted by Gasteiger charge is 2.22. The zero-order valence-electron chi connectivity index (χ0n) is 8.46. The first kappa shape index (κ1) is 11.1. The molecule has 1 fully saturated rings. The summed E-state index contributed by atoms with van der Waals surface area (Å²) in [6, 6.07) is 0.285. The van der Waals surface area contributed by atoms with E-state index in [1.807, 2.05) is 0 Å². The number of carbonyl (C=O) groups excluding carboxylic acids is 1. The molecular formula is C11H18N2O. The summed E-state index contributed by atoms with van der Waals surface area (Å²) in [5.41, 5.74) is 5.90. The minimum atomic E-state index is 0.0327. The normalized spacial score (nSPS) is 26.6. The van der Waals surface area contributed by atoms with E-state index in [2.05, 4.69) is 11.2 Å². The van der Waals surface area contributed by atoms with Crippen LogP contribution in [0.5, 0.6) is 0 Å². The summed E-state index contributed by atoms with van der Waals surface area (Å²) in [6.07, 6.45) is 10.4. The fraction of sp³-hybridized carbons (Fsp3) is 0.727. The third kappa shape index (κ3) is 3.39. The van der Waals surface area contributed by atoms with Crippen LogP contribution in [-0.2, 0) is 4.79 Å². The van der Waals surface area contributed by atoms with Crippen LogP contribution < -0.4 is 11.1 Å². The van der Waals surface area contributed by atoms with Crippen LogP contribution in [0.15, 0.2) is 0 Å². The van der Waals surface area contributed by atoms with Crippen LogP contribution in [0.2, 0.25) is 0 Å². The fourth-order valence-electron chi connectivity index (χ4n) is 1.80. The van der Waals surface area contributed by atoms with E-state index in [1.54, 1.807) is 0 Å². The van der Waals surface area contributed by atoms with Crippen molar-refractivity contribution < 1.29 is 4.79 Å². The van der Waals surface area contributed by atoms with Crippen molar-refractivity contribution in [2.45, 2.75) is 50.6 Å². The Kier molecular flexibility index (Phi) is 4.48. The van der Waals surface area contributed by atoms with E-state index < -0.39 is 0 Å². The van der Waals surface area contributed by atoms with E-state index in [-0.39, 0.29) is 18.0 Å². The Balaban J connectivity index is 2.28. The van der Waals surface area contributed by atoms with Gasteiger partial charge in [-0.15, -0.1) is 12.3 Å². The lowest BCUT2D eigenvalue weighted by molar-refractivity contribution is -0.122. The maximum Gasteiger partial charge on any atom is 0.221 e. The van der Waals surface area contributed by atoms with Gasteiger partial charge in [-0.05, 0) is 12.8 Å². The molecule has 0 unspecified atom stereocenters. The molecule has 2 atom stereocenters. The number of hydrogen-bond acceptors (Lipinski definition) is 2. The van der Waals surface area contributed by atoms with Crippen molar-refractivity contribution in [2.75, 3.05) is 0 Å². The van der Waals surface area contributed by atoms with Crippen molar-refractivity contribution in [1.82, 2.24) is 5.32 Å². The smallest absolute Gasteiger partial charge is 0.221 e. The van der Waals surface area contributed by atoms with E-state index in [4.69, 9.17) is 12.2 Å². The van der Waals surface area contributed by atoms with Gasteiger partial charge < -0.3 is 11.1 Å². The van der Waals surface area contributed by atoms with Gasteiger partial charge in [0.2, 0.25) is 5.91 Å². The van der Waals surface area contributed by atoms with Gasteiger partial charge in [0.15, 0.2) is 0 Å². The second-order valence-electron chi connectivity index (χ2n) is 3.83. The summed E-state index contributed by atoms with van der Waals surface area (Å²) >= 11 is 0. The van der Waals surface area contributed by atoms with Gasteiger partial charge in [-0.2, -0.15) is 0 Å². The van der Waals surface area contributed by atoms with E-state index in [9.17, 15) is 4.79 Å². The molecule has 0 aromatic heterocycles. The Labute approximate surface area is 85.4 Å². The summed E-state index contributed by atoms with van der Waals surface area (Å²) in [5.74, 6) is 2.49. The molecule has 0 spiro atoms. The average Bonchev–Trinajstić information content (AvgIpc) is 2.18. The van der Waals surface area contributed by atoms with Gasteiger partial charge in [0.05, 0.1) is 0 Å². The van der Waals surface area contributed by atoms with Gasteiger partial charge in [0.25, 0.3) is 0 Å². The third-order valence-corrected chi connectivity index (χ3v) is 2.66. The number of rotatable bonds is 3. The molecule has 0 aromatic carbocycles. The molecule has 0 aromatic rings. The highest BCUT2D eigenvalue weighted by Crippen LogP contribution is 2.16. The first-order valence-electron chi connectivity index (χ1n) is 5.22. The van der Waals surface area contributed by atoms with Gasteiger partial charge in [0.1, 0.15) is 0 Å². The summed E-state index contributed by atoms with van der Waals surface area (Å²) in [4.78, 5) is 11.4. The van der Waals surface area contributed by atoms with Gasteiger partial charge in [-0.25, -0.2) is 0 Å². The van der Waals surface area contributed by atoms with Crippen molar-refractivity contribution >= 4 is 5.91 Å². The SMILES string of the molecule is C#CCCC(=O)N[C@@H]1CCCC[C@H]1N. The predicted molar refractivity (Wildman–Crippen MR) is 56.4 cm³/mol. The first-order valence-corrected chi connectivity index (χ1v) is 5.22. The number of terminal acetylenes is 1. The Bertz CT molecular complexity index is 232. The van der Waals surface area contributed by atoms with Crippen molar-refractivity contribution in [2.24, 2.45) is 5.73 Å². The molecule has 0 aliphatic heterocycles. The van der Waals surface area contributed by atoms with Crippen molar-refractivity contribution in [3.8, 4) is 12.3 Å². The van der Waals surface area contributed by atoms with Crippen LogP contribution >= 0.6 is 0 Å². The topological polar surface area (TPSA) is 55.1 Å². The lowest BCUT2D eigenvalue weighted by atomic mass is 9.91. The molecule has 0 radical (unpaired) electrons. The Morgan fingerprint density at radius 2 is 2.21 bits per heavy atom. The number of nitrogens with two attached hydrogens (primary N) is 1. The molecule has 3 heteroatoms. The minimum absolute atomic E-state index is 0.0327. The van der Waals surface area contributed by atoms with E-state index >= 15 is 0 Å². The molecule has 1 amide bonds. The summed E-state index contributed by atoms with van der Waals surface area (Å²) in [7, 11) is 0. The molecule has 0 bridgehead atoms. The molecule has 1 aliphatic carbocycles. The lowest BCUT2D eigenvalue weighted by Crippen LogP contribution is -2.49. The summed E-state index contributed by atoms with van der Waals surface area (Å²) < 4.78 is 0. The van der Waals surface area contributed by atoms with Crippen LogP contribution in [0.3, 0.4) is 0 Å². The lowest BCUT2D eigenvalue weighted by Gasteiger charge is -2.29. The number of hydrogen-bond donors (Lipinski definition) is 2. The van der Waals surface area contributed by atoms with E-state index in [0.717, 1.165) is 19.3 Å². The van der Waals surface area contributed by atoms with E-state index in [0.29, 0.717) is 12.8 Å². The van der Waals surface area contributed by atoms with Gasteiger partial charge in [-0.1, -0.05) is 12.8 Å². The summed E-state index contributed by atoms with van der Waals surface area (Å²) in [6.45, 7) is 0. The number of amides is 1. The Hall–Kier alpha value is -1.01. The Morgan fingerprint density at radius 3 is 2.86 bits per heavy atom. The molecule has 1 aliphatic rings. The molecule has 0 heterocycles. The highest BCUT2D eigenvalue weighted by molar-refractivity contribution is 5.76. The van der Waals surface area contributed by atoms with Crippen molar-refractivity contribution in [1.29, 1.82) is 0 Å². The molecule has 3 N–H and O–H groups in total. The first-order chi connectivity index (χ1) is 6.74. The Morgan fingerprint density at radius 1 is 1.50 bits per heavy atom. The predicted octanol–water partition coefficient (Wildman–Crippen LogP) is 0.786.